The van der Waals surface area contributed by atoms with E-state index in [1.165, 1.54) is 25.9 Å². The fourth-order valence-corrected chi connectivity index (χ4v) is 3.82. The van der Waals surface area contributed by atoms with Crippen molar-refractivity contribution in [1.29, 1.82) is 0 Å². The quantitative estimate of drug-likeness (QED) is 0.861. The maximum Gasteiger partial charge on any atom is 0.254 e. The summed E-state index contributed by atoms with van der Waals surface area (Å²) in [5.41, 5.74) is 0.699. The lowest BCUT2D eigenvalue weighted by Crippen LogP contribution is -2.38. The second-order valence-corrected chi connectivity index (χ2v) is 6.79. The van der Waals surface area contributed by atoms with Crippen LogP contribution >= 0.6 is 0 Å². The smallest absolute Gasteiger partial charge is 0.254 e. The minimum Gasteiger partial charge on any atom is -0.333 e. The number of carbonyl (C=O) groups is 1. The Kier molecular flexibility index (Phi) is 4.30. The van der Waals surface area contributed by atoms with Gasteiger partial charge in [-0.05, 0) is 38.1 Å². The number of likely N-dealkylation sites (tertiary alicyclic amines) is 1. The van der Waals surface area contributed by atoms with Gasteiger partial charge in [0.25, 0.3) is 5.91 Å². The van der Waals surface area contributed by atoms with Crippen molar-refractivity contribution in [3.63, 3.8) is 0 Å². The number of nitrogens with zero attached hydrogens (tertiary/aromatic N) is 5. The fourth-order valence-electron chi connectivity index (χ4n) is 3.82. The molecule has 2 aromatic heterocycles. The molecule has 6 nitrogen and oxygen atoms in total. The molecule has 0 unspecified atom stereocenters. The maximum atomic E-state index is 12.9. The van der Waals surface area contributed by atoms with Gasteiger partial charge in [-0.3, -0.25) is 9.78 Å². The van der Waals surface area contributed by atoms with Crippen LogP contribution in [0.25, 0.3) is 0 Å². The van der Waals surface area contributed by atoms with Gasteiger partial charge in [0.2, 0.25) is 0 Å². The highest BCUT2D eigenvalue weighted by molar-refractivity contribution is 5.94. The second kappa shape index (κ2) is 6.73. The molecule has 2 aliphatic rings. The Morgan fingerprint density at radius 1 is 1.12 bits per heavy atom. The Labute approximate surface area is 142 Å². The standard InChI is InChI=1S/C18H23N5O/c24-18(16-3-5-19-6-4-16)23-13-15(11-21-8-1-2-9-21)12-22-10-7-20-17(22)14-23/h3-7,10,15H,1-2,8-9,11-14H2/t15-/m0/s1. The summed E-state index contributed by atoms with van der Waals surface area (Å²) in [4.78, 5) is 25.9. The minimum absolute atomic E-state index is 0.0697. The number of rotatable bonds is 3. The molecule has 0 N–H and O–H groups in total. The predicted molar refractivity (Wildman–Crippen MR) is 90.4 cm³/mol. The highest BCUT2D eigenvalue weighted by Crippen LogP contribution is 2.20. The van der Waals surface area contributed by atoms with Crippen LogP contribution in [0.5, 0.6) is 0 Å². The SMILES string of the molecule is O=C(c1ccncc1)N1Cc2nccn2C[C@H](CN2CCCC2)C1. The molecule has 0 aliphatic carbocycles. The zero-order valence-corrected chi connectivity index (χ0v) is 13.8. The van der Waals surface area contributed by atoms with Crippen LogP contribution in [0.15, 0.2) is 36.9 Å². The van der Waals surface area contributed by atoms with Gasteiger partial charge in [0.1, 0.15) is 5.82 Å². The van der Waals surface area contributed by atoms with E-state index in [-0.39, 0.29) is 5.91 Å². The van der Waals surface area contributed by atoms with E-state index < -0.39 is 0 Å². The average Bonchev–Trinajstić information content (AvgIpc) is 3.24. The molecule has 1 saturated heterocycles. The van der Waals surface area contributed by atoms with Crippen LogP contribution in [0.4, 0.5) is 0 Å². The Morgan fingerprint density at radius 2 is 1.92 bits per heavy atom. The molecule has 1 fully saturated rings. The molecule has 1 atom stereocenters. The van der Waals surface area contributed by atoms with E-state index in [0.717, 1.165) is 25.5 Å². The number of carbonyl (C=O) groups excluding carboxylic acids is 1. The van der Waals surface area contributed by atoms with Gasteiger partial charge in [0.15, 0.2) is 0 Å². The molecule has 126 valence electrons. The first-order valence-corrected chi connectivity index (χ1v) is 8.71. The van der Waals surface area contributed by atoms with Crippen molar-refractivity contribution in [3.05, 3.63) is 48.3 Å². The third kappa shape index (κ3) is 3.19. The fraction of sp³-hybridized carbons (Fsp3) is 0.500. The predicted octanol–water partition coefficient (Wildman–Crippen LogP) is 1.65. The third-order valence-corrected chi connectivity index (χ3v) is 5.00. The summed E-state index contributed by atoms with van der Waals surface area (Å²) >= 11 is 0. The topological polar surface area (TPSA) is 54.3 Å². The van der Waals surface area contributed by atoms with Crippen molar-refractivity contribution in [2.24, 2.45) is 5.92 Å². The molecular weight excluding hydrogens is 302 g/mol. The van der Waals surface area contributed by atoms with Crippen molar-refractivity contribution in [1.82, 2.24) is 24.3 Å². The lowest BCUT2D eigenvalue weighted by Gasteiger charge is -2.27. The number of fused-ring (bicyclic) bond motifs is 1. The normalized spacial score (nSPS) is 21.5. The number of aromatic nitrogens is 3. The largest absolute Gasteiger partial charge is 0.333 e. The summed E-state index contributed by atoms with van der Waals surface area (Å²) in [6.07, 6.45) is 9.81. The van der Waals surface area contributed by atoms with Crippen LogP contribution in [0.2, 0.25) is 0 Å². The number of hydrogen-bond donors (Lipinski definition) is 0. The average molecular weight is 325 g/mol. The van der Waals surface area contributed by atoms with Crippen LogP contribution in [0, 0.1) is 5.92 Å². The first-order chi connectivity index (χ1) is 11.8. The van der Waals surface area contributed by atoms with Gasteiger partial charge < -0.3 is 14.4 Å². The monoisotopic (exact) mass is 325 g/mol. The summed E-state index contributed by atoms with van der Waals surface area (Å²) < 4.78 is 2.21. The zero-order valence-electron chi connectivity index (χ0n) is 13.8. The van der Waals surface area contributed by atoms with E-state index in [0.29, 0.717) is 18.0 Å². The molecule has 4 rings (SSSR count). The maximum absolute atomic E-state index is 12.9. The number of imidazole rings is 1. The molecule has 0 radical (unpaired) electrons. The summed E-state index contributed by atoms with van der Waals surface area (Å²) in [5.74, 6) is 1.48. The molecule has 24 heavy (non-hydrogen) atoms. The minimum atomic E-state index is 0.0697. The Morgan fingerprint density at radius 3 is 2.71 bits per heavy atom. The third-order valence-electron chi connectivity index (χ3n) is 5.00. The zero-order chi connectivity index (χ0) is 16.4. The van der Waals surface area contributed by atoms with Gasteiger partial charge in [-0.1, -0.05) is 0 Å². The first kappa shape index (κ1) is 15.3. The first-order valence-electron chi connectivity index (χ1n) is 8.71. The van der Waals surface area contributed by atoms with Crippen molar-refractivity contribution in [2.45, 2.75) is 25.9 Å². The molecule has 0 bridgehead atoms. The van der Waals surface area contributed by atoms with Crippen molar-refractivity contribution in [2.75, 3.05) is 26.2 Å². The molecule has 2 aliphatic heterocycles. The van der Waals surface area contributed by atoms with Crippen LogP contribution in [-0.4, -0.2) is 56.4 Å². The van der Waals surface area contributed by atoms with Gasteiger partial charge >= 0.3 is 0 Å². The van der Waals surface area contributed by atoms with E-state index in [1.54, 1.807) is 24.5 Å². The van der Waals surface area contributed by atoms with Crippen molar-refractivity contribution in [3.8, 4) is 0 Å². The molecule has 0 saturated carbocycles. The van der Waals surface area contributed by atoms with E-state index in [9.17, 15) is 4.79 Å². The highest BCUT2D eigenvalue weighted by atomic mass is 16.2. The van der Waals surface area contributed by atoms with Gasteiger partial charge in [0.05, 0.1) is 6.54 Å². The Hall–Kier alpha value is -2.21. The van der Waals surface area contributed by atoms with Gasteiger partial charge in [-0.15, -0.1) is 0 Å². The van der Waals surface area contributed by atoms with Gasteiger partial charge in [-0.25, -0.2) is 4.98 Å². The van der Waals surface area contributed by atoms with Crippen LogP contribution in [0.3, 0.4) is 0 Å². The Bertz CT molecular complexity index is 692. The lowest BCUT2D eigenvalue weighted by atomic mass is 10.1. The molecular formula is C18H23N5O. The van der Waals surface area contributed by atoms with E-state index >= 15 is 0 Å². The number of pyridine rings is 1. The van der Waals surface area contributed by atoms with Gasteiger partial charge in [0, 0.05) is 55.9 Å². The highest BCUT2D eigenvalue weighted by Gasteiger charge is 2.28. The molecule has 2 aromatic rings. The van der Waals surface area contributed by atoms with Gasteiger partial charge in [-0.2, -0.15) is 0 Å². The Balaban J connectivity index is 1.55. The number of amides is 1. The molecule has 0 spiro atoms. The summed E-state index contributed by atoms with van der Waals surface area (Å²) in [6.45, 7) is 5.71. The van der Waals surface area contributed by atoms with Crippen LogP contribution < -0.4 is 0 Å². The van der Waals surface area contributed by atoms with Crippen LogP contribution in [0.1, 0.15) is 29.0 Å². The van der Waals surface area contributed by atoms with E-state index in [4.69, 9.17) is 0 Å². The summed E-state index contributed by atoms with van der Waals surface area (Å²) in [5, 5.41) is 0. The number of hydrogen-bond acceptors (Lipinski definition) is 4. The van der Waals surface area contributed by atoms with E-state index in [2.05, 4.69) is 19.4 Å². The summed E-state index contributed by atoms with van der Waals surface area (Å²) in [6, 6.07) is 3.57. The molecule has 4 heterocycles. The summed E-state index contributed by atoms with van der Waals surface area (Å²) in [7, 11) is 0. The molecule has 6 heteroatoms. The second-order valence-electron chi connectivity index (χ2n) is 6.79. The van der Waals surface area contributed by atoms with Crippen molar-refractivity contribution >= 4 is 5.91 Å². The van der Waals surface area contributed by atoms with E-state index in [1.807, 2.05) is 17.3 Å². The van der Waals surface area contributed by atoms with Crippen molar-refractivity contribution < 1.29 is 4.79 Å². The lowest BCUT2D eigenvalue weighted by molar-refractivity contribution is 0.0707. The van der Waals surface area contributed by atoms with Crippen LogP contribution in [-0.2, 0) is 13.1 Å². The molecule has 1 amide bonds. The molecule has 0 aromatic carbocycles.